The molecule has 0 fully saturated rings. The van der Waals surface area contributed by atoms with Gasteiger partial charge < -0.3 is 5.73 Å². The molecule has 0 radical (unpaired) electrons. The lowest BCUT2D eigenvalue weighted by atomic mass is 10.2. The van der Waals surface area contributed by atoms with E-state index in [9.17, 15) is 0 Å². The van der Waals surface area contributed by atoms with Crippen molar-refractivity contribution in [2.24, 2.45) is 0 Å². The largest absolute Gasteiger partial charge is 0.398 e. The molecule has 18 heavy (non-hydrogen) atoms. The first kappa shape index (κ1) is 13.8. The highest BCUT2D eigenvalue weighted by Crippen LogP contribution is 2.24. The Morgan fingerprint density at radius 1 is 1.00 bits per heavy atom. The van der Waals surface area contributed by atoms with Gasteiger partial charge >= 0.3 is 0 Å². The van der Waals surface area contributed by atoms with E-state index in [1.54, 1.807) is 0 Å². The monoisotopic (exact) mass is 341 g/mol. The molecule has 0 heterocycles. The zero-order valence-corrected chi connectivity index (χ0v) is 12.9. The first-order valence-electron chi connectivity index (χ1n) is 5.51. The third-order valence-electron chi connectivity index (χ3n) is 2.51. The van der Waals surface area contributed by atoms with Crippen LogP contribution in [0.4, 0.5) is 5.69 Å². The predicted molar refractivity (Wildman–Crippen MR) is 85.0 cm³/mol. The topological polar surface area (TPSA) is 26.0 Å². The number of rotatable bonds is 4. The summed E-state index contributed by atoms with van der Waals surface area (Å²) in [6.45, 7) is 0. The summed E-state index contributed by atoms with van der Waals surface area (Å²) in [6, 6.07) is 14.1. The number of hydrogen-bond acceptors (Lipinski definition) is 2. The fourth-order valence-corrected chi connectivity index (χ4v) is 2.87. The zero-order chi connectivity index (χ0) is 13.0. The second-order valence-corrected chi connectivity index (χ2v) is 6.25. The molecule has 0 aromatic heterocycles. The Labute approximate surface area is 125 Å². The quantitative estimate of drug-likeness (QED) is 0.781. The number of nitrogens with two attached hydrogens (primary N) is 1. The molecule has 94 valence electrons. The smallest absolute Gasteiger partial charge is 0.0461 e. The molecule has 0 spiro atoms. The molecule has 2 aromatic rings. The number of nitrogen functional groups attached to an aromatic ring is 1. The van der Waals surface area contributed by atoms with Gasteiger partial charge in [0.05, 0.1) is 0 Å². The van der Waals surface area contributed by atoms with Crippen LogP contribution in [-0.2, 0) is 11.5 Å². The molecule has 0 amide bonds. The minimum atomic E-state index is 0.782. The summed E-state index contributed by atoms with van der Waals surface area (Å²) in [5, 5.41) is 0.782. The molecule has 0 atom stereocenters. The van der Waals surface area contributed by atoms with Gasteiger partial charge in [-0.15, -0.1) is 0 Å². The second kappa shape index (κ2) is 6.50. The summed E-state index contributed by atoms with van der Waals surface area (Å²) in [6.07, 6.45) is 0. The van der Waals surface area contributed by atoms with Gasteiger partial charge in [-0.05, 0) is 51.3 Å². The molecule has 2 aromatic carbocycles. The Balaban J connectivity index is 1.88. The van der Waals surface area contributed by atoms with E-state index in [-0.39, 0.29) is 0 Å². The Morgan fingerprint density at radius 3 is 2.28 bits per heavy atom. The van der Waals surface area contributed by atoms with Crippen LogP contribution in [0.25, 0.3) is 0 Å². The van der Waals surface area contributed by atoms with Crippen molar-refractivity contribution in [3.8, 4) is 0 Å². The molecule has 2 rings (SSSR count). The summed E-state index contributed by atoms with van der Waals surface area (Å²) in [7, 11) is 0. The van der Waals surface area contributed by atoms with E-state index in [1.807, 2.05) is 36.0 Å². The van der Waals surface area contributed by atoms with Crippen LogP contribution in [0.15, 0.2) is 46.9 Å². The van der Waals surface area contributed by atoms with Crippen LogP contribution < -0.4 is 5.73 Å². The fourth-order valence-electron chi connectivity index (χ4n) is 1.55. The highest BCUT2D eigenvalue weighted by Gasteiger charge is 1.99. The average Bonchev–Trinajstić information content (AvgIpc) is 2.36. The Kier molecular flexibility index (Phi) is 4.98. The fraction of sp³-hybridized carbons (Fsp3) is 0.143. The first-order chi connectivity index (χ1) is 8.65. The highest BCUT2D eigenvalue weighted by molar-refractivity contribution is 9.10. The van der Waals surface area contributed by atoms with Crippen LogP contribution >= 0.6 is 39.3 Å². The van der Waals surface area contributed by atoms with Gasteiger partial charge in [0.25, 0.3) is 0 Å². The van der Waals surface area contributed by atoms with Crippen LogP contribution in [0.3, 0.4) is 0 Å². The average molecular weight is 343 g/mol. The van der Waals surface area contributed by atoms with Gasteiger partial charge in [0.2, 0.25) is 0 Å². The Hall–Kier alpha value is -0.640. The van der Waals surface area contributed by atoms with E-state index in [2.05, 4.69) is 34.1 Å². The number of benzene rings is 2. The lowest BCUT2D eigenvalue weighted by Crippen LogP contribution is -1.89. The van der Waals surface area contributed by atoms with Gasteiger partial charge in [-0.25, -0.2) is 0 Å². The number of thioether (sulfide) groups is 1. The predicted octanol–water partition coefficient (Wildman–Crippen LogP) is 5.12. The molecular weight excluding hydrogens is 330 g/mol. The van der Waals surface area contributed by atoms with Gasteiger partial charge in [0.1, 0.15) is 0 Å². The normalized spacial score (nSPS) is 10.6. The molecule has 0 saturated heterocycles. The maximum absolute atomic E-state index is 5.85. The molecule has 0 aliphatic heterocycles. The van der Waals surface area contributed by atoms with Crippen molar-refractivity contribution >= 4 is 45.0 Å². The van der Waals surface area contributed by atoms with Gasteiger partial charge in [0, 0.05) is 26.7 Å². The van der Waals surface area contributed by atoms with E-state index >= 15 is 0 Å². The SMILES string of the molecule is Nc1cc(CSCc2ccc(Cl)cc2)ccc1Br. The summed E-state index contributed by atoms with van der Waals surface area (Å²) in [4.78, 5) is 0. The first-order valence-corrected chi connectivity index (χ1v) is 7.84. The van der Waals surface area contributed by atoms with E-state index < -0.39 is 0 Å². The maximum Gasteiger partial charge on any atom is 0.0461 e. The van der Waals surface area contributed by atoms with Crippen LogP contribution in [-0.4, -0.2) is 0 Å². The molecular formula is C14H13BrClNS. The molecule has 0 unspecified atom stereocenters. The van der Waals surface area contributed by atoms with E-state index in [4.69, 9.17) is 17.3 Å². The summed E-state index contributed by atoms with van der Waals surface area (Å²) in [5.41, 5.74) is 9.17. The van der Waals surface area contributed by atoms with Crippen molar-refractivity contribution in [1.82, 2.24) is 0 Å². The number of hydrogen-bond donors (Lipinski definition) is 1. The van der Waals surface area contributed by atoms with Crippen molar-refractivity contribution in [3.05, 3.63) is 63.1 Å². The molecule has 0 bridgehead atoms. The van der Waals surface area contributed by atoms with Crippen LogP contribution in [0.5, 0.6) is 0 Å². The lowest BCUT2D eigenvalue weighted by Gasteiger charge is -2.05. The molecule has 2 N–H and O–H groups in total. The zero-order valence-electron chi connectivity index (χ0n) is 9.70. The van der Waals surface area contributed by atoms with Crippen molar-refractivity contribution in [3.63, 3.8) is 0 Å². The minimum absolute atomic E-state index is 0.782. The van der Waals surface area contributed by atoms with Gasteiger partial charge in [-0.3, -0.25) is 0 Å². The molecule has 4 heteroatoms. The van der Waals surface area contributed by atoms with Crippen molar-refractivity contribution in [2.75, 3.05) is 5.73 Å². The lowest BCUT2D eigenvalue weighted by molar-refractivity contribution is 1.36. The number of anilines is 1. The third kappa shape index (κ3) is 3.94. The molecule has 0 aliphatic carbocycles. The summed E-state index contributed by atoms with van der Waals surface area (Å²) in [5.74, 6) is 1.94. The van der Waals surface area contributed by atoms with E-state index in [1.165, 1.54) is 11.1 Å². The van der Waals surface area contributed by atoms with E-state index in [0.29, 0.717) is 0 Å². The summed E-state index contributed by atoms with van der Waals surface area (Å²) >= 11 is 11.1. The Bertz CT molecular complexity index is 528. The van der Waals surface area contributed by atoms with Crippen molar-refractivity contribution < 1.29 is 0 Å². The van der Waals surface area contributed by atoms with Crippen LogP contribution in [0.2, 0.25) is 5.02 Å². The second-order valence-electron chi connectivity index (χ2n) is 3.98. The molecule has 1 nitrogen and oxygen atoms in total. The maximum atomic E-state index is 5.85. The molecule has 0 saturated carbocycles. The molecule has 0 aliphatic rings. The van der Waals surface area contributed by atoms with Gasteiger partial charge in [0.15, 0.2) is 0 Å². The number of halogens is 2. The Morgan fingerprint density at radius 2 is 1.61 bits per heavy atom. The van der Waals surface area contributed by atoms with E-state index in [0.717, 1.165) is 26.7 Å². The minimum Gasteiger partial charge on any atom is -0.398 e. The summed E-state index contributed by atoms with van der Waals surface area (Å²) < 4.78 is 0.953. The van der Waals surface area contributed by atoms with Crippen LogP contribution in [0.1, 0.15) is 11.1 Å². The van der Waals surface area contributed by atoms with Gasteiger partial charge in [-0.1, -0.05) is 29.8 Å². The van der Waals surface area contributed by atoms with Gasteiger partial charge in [-0.2, -0.15) is 11.8 Å². The standard InChI is InChI=1S/C14H13BrClNS/c15-13-6-3-11(7-14(13)17)9-18-8-10-1-4-12(16)5-2-10/h1-7H,8-9,17H2. The van der Waals surface area contributed by atoms with Crippen molar-refractivity contribution in [2.45, 2.75) is 11.5 Å². The highest BCUT2D eigenvalue weighted by atomic mass is 79.9. The van der Waals surface area contributed by atoms with Crippen molar-refractivity contribution in [1.29, 1.82) is 0 Å². The third-order valence-corrected chi connectivity index (χ3v) is 4.56. The van der Waals surface area contributed by atoms with Crippen LogP contribution in [0, 0.1) is 0 Å².